The van der Waals surface area contributed by atoms with Crippen molar-refractivity contribution in [2.75, 3.05) is 5.32 Å². The van der Waals surface area contributed by atoms with Crippen LogP contribution < -0.4 is 5.32 Å². The Balaban J connectivity index is 1.90. The number of anilines is 1. The summed E-state index contributed by atoms with van der Waals surface area (Å²) in [6.45, 7) is 6.99. The first-order valence-electron chi connectivity index (χ1n) is 7.08. The fourth-order valence-corrected chi connectivity index (χ4v) is 3.17. The average Bonchev–Trinajstić information content (AvgIpc) is 2.33. The second-order valence-corrected chi connectivity index (χ2v) is 7.54. The van der Waals surface area contributed by atoms with Gasteiger partial charge >= 0.3 is 0 Å². The van der Waals surface area contributed by atoms with Crippen LogP contribution in [-0.4, -0.2) is 6.04 Å². The first kappa shape index (κ1) is 14.8. The van der Waals surface area contributed by atoms with Gasteiger partial charge in [-0.1, -0.05) is 20.8 Å². The maximum absolute atomic E-state index is 13.5. The summed E-state index contributed by atoms with van der Waals surface area (Å²) in [5, 5.41) is 3.46. The van der Waals surface area contributed by atoms with Crippen LogP contribution in [0.2, 0.25) is 0 Å². The van der Waals surface area contributed by atoms with Crippen molar-refractivity contribution in [3.05, 3.63) is 28.5 Å². The van der Waals surface area contributed by atoms with Crippen molar-refractivity contribution in [2.45, 2.75) is 52.5 Å². The molecule has 1 aromatic rings. The molecule has 0 bridgehead atoms. The van der Waals surface area contributed by atoms with Crippen molar-refractivity contribution in [3.63, 3.8) is 0 Å². The van der Waals surface area contributed by atoms with E-state index in [1.807, 2.05) is 6.07 Å². The third-order valence-corrected chi connectivity index (χ3v) is 4.89. The maximum Gasteiger partial charge on any atom is 0.139 e. The van der Waals surface area contributed by atoms with Gasteiger partial charge in [-0.2, -0.15) is 0 Å². The van der Waals surface area contributed by atoms with Crippen molar-refractivity contribution in [2.24, 2.45) is 11.3 Å². The molecule has 0 aromatic heterocycles. The third kappa shape index (κ3) is 3.95. The Hall–Kier alpha value is -0.570. The third-order valence-electron chi connectivity index (χ3n) is 4.24. The van der Waals surface area contributed by atoms with Gasteiger partial charge in [-0.05, 0) is 71.1 Å². The van der Waals surface area contributed by atoms with Crippen LogP contribution in [0.1, 0.15) is 46.5 Å². The van der Waals surface area contributed by atoms with E-state index in [4.69, 9.17) is 0 Å². The second-order valence-electron chi connectivity index (χ2n) is 6.69. The normalized spacial score (nSPS) is 24.3. The number of hydrogen-bond acceptors (Lipinski definition) is 1. The molecule has 0 aliphatic heterocycles. The minimum absolute atomic E-state index is 0.201. The molecule has 0 amide bonds. The minimum Gasteiger partial charge on any atom is -0.382 e. The van der Waals surface area contributed by atoms with Crippen LogP contribution in [0.25, 0.3) is 0 Å². The topological polar surface area (TPSA) is 12.0 Å². The monoisotopic (exact) mass is 327 g/mol. The van der Waals surface area contributed by atoms with Crippen molar-refractivity contribution in [1.82, 2.24) is 0 Å². The highest BCUT2D eigenvalue weighted by Crippen LogP contribution is 2.38. The average molecular weight is 328 g/mol. The van der Waals surface area contributed by atoms with Gasteiger partial charge in [0.15, 0.2) is 0 Å². The van der Waals surface area contributed by atoms with E-state index in [-0.39, 0.29) is 5.82 Å². The van der Waals surface area contributed by atoms with Crippen LogP contribution >= 0.6 is 15.9 Å². The van der Waals surface area contributed by atoms with Crippen LogP contribution in [-0.2, 0) is 0 Å². The summed E-state index contributed by atoms with van der Waals surface area (Å²) in [6, 6.07) is 5.75. The van der Waals surface area contributed by atoms with Crippen LogP contribution in [0.4, 0.5) is 10.1 Å². The molecule has 1 saturated carbocycles. The van der Waals surface area contributed by atoms with Crippen LogP contribution in [0.15, 0.2) is 22.7 Å². The molecule has 0 spiro atoms. The standard InChI is InChI=1S/C16H23BrFN/c1-16(2,3)11-4-6-12(7-5-11)19-13-8-9-14(17)15(18)10-13/h8-12,19H,4-7H2,1-3H3. The van der Waals surface area contributed by atoms with Crippen molar-refractivity contribution >= 4 is 21.6 Å². The van der Waals surface area contributed by atoms with Gasteiger partial charge in [0.2, 0.25) is 0 Å². The Morgan fingerprint density at radius 3 is 2.32 bits per heavy atom. The van der Waals surface area contributed by atoms with E-state index in [1.165, 1.54) is 25.7 Å². The minimum atomic E-state index is -0.201. The molecule has 0 atom stereocenters. The van der Waals surface area contributed by atoms with Crippen molar-refractivity contribution in [3.8, 4) is 0 Å². The van der Waals surface area contributed by atoms with Crippen LogP contribution in [0.5, 0.6) is 0 Å². The lowest BCUT2D eigenvalue weighted by atomic mass is 9.71. The van der Waals surface area contributed by atoms with Gasteiger partial charge in [0.05, 0.1) is 4.47 Å². The maximum atomic E-state index is 13.5. The zero-order valence-corrected chi connectivity index (χ0v) is 13.6. The Kier molecular flexibility index (Phi) is 4.54. The molecular weight excluding hydrogens is 305 g/mol. The molecule has 1 fully saturated rings. The zero-order chi connectivity index (χ0) is 14.0. The van der Waals surface area contributed by atoms with Gasteiger partial charge in [-0.3, -0.25) is 0 Å². The smallest absolute Gasteiger partial charge is 0.139 e. The lowest BCUT2D eigenvalue weighted by Crippen LogP contribution is -2.31. The first-order chi connectivity index (χ1) is 8.86. The molecule has 2 rings (SSSR count). The van der Waals surface area contributed by atoms with Gasteiger partial charge in [0.25, 0.3) is 0 Å². The Morgan fingerprint density at radius 2 is 1.79 bits per heavy atom. The largest absolute Gasteiger partial charge is 0.382 e. The van der Waals surface area contributed by atoms with E-state index in [9.17, 15) is 4.39 Å². The number of rotatable bonds is 2. The molecule has 0 unspecified atom stereocenters. The molecule has 1 aliphatic carbocycles. The highest BCUT2D eigenvalue weighted by molar-refractivity contribution is 9.10. The highest BCUT2D eigenvalue weighted by atomic mass is 79.9. The van der Waals surface area contributed by atoms with E-state index in [1.54, 1.807) is 12.1 Å². The number of hydrogen-bond donors (Lipinski definition) is 1. The fraction of sp³-hybridized carbons (Fsp3) is 0.625. The molecule has 3 heteroatoms. The van der Waals surface area contributed by atoms with E-state index in [0.717, 1.165) is 11.6 Å². The van der Waals surface area contributed by atoms with E-state index in [0.29, 0.717) is 15.9 Å². The Labute approximate surface area is 124 Å². The second kappa shape index (κ2) is 5.82. The van der Waals surface area contributed by atoms with Gasteiger partial charge in [-0.15, -0.1) is 0 Å². The molecule has 19 heavy (non-hydrogen) atoms. The molecule has 0 saturated heterocycles. The molecule has 1 aliphatic rings. The number of halogens is 2. The van der Waals surface area contributed by atoms with Crippen LogP contribution in [0.3, 0.4) is 0 Å². The van der Waals surface area contributed by atoms with Gasteiger partial charge in [0.1, 0.15) is 5.82 Å². The lowest BCUT2D eigenvalue weighted by Gasteiger charge is -2.37. The molecule has 0 radical (unpaired) electrons. The Morgan fingerprint density at radius 1 is 1.16 bits per heavy atom. The quantitative estimate of drug-likeness (QED) is 0.744. The Bertz CT molecular complexity index is 431. The van der Waals surface area contributed by atoms with E-state index < -0.39 is 0 Å². The molecule has 106 valence electrons. The van der Waals surface area contributed by atoms with Crippen molar-refractivity contribution < 1.29 is 4.39 Å². The van der Waals surface area contributed by atoms with Crippen LogP contribution in [0, 0.1) is 17.2 Å². The lowest BCUT2D eigenvalue weighted by molar-refractivity contribution is 0.173. The predicted octanol–water partition coefficient (Wildman–Crippen LogP) is 5.61. The number of benzene rings is 1. The summed E-state index contributed by atoms with van der Waals surface area (Å²) in [5.41, 5.74) is 1.30. The van der Waals surface area contributed by atoms with Gasteiger partial charge in [-0.25, -0.2) is 4.39 Å². The fourth-order valence-electron chi connectivity index (χ4n) is 2.93. The highest BCUT2D eigenvalue weighted by Gasteiger charge is 2.29. The summed E-state index contributed by atoms with van der Waals surface area (Å²) in [4.78, 5) is 0. The van der Waals surface area contributed by atoms with Crippen molar-refractivity contribution in [1.29, 1.82) is 0 Å². The molecule has 1 aromatic carbocycles. The first-order valence-corrected chi connectivity index (χ1v) is 7.87. The molecule has 0 heterocycles. The number of nitrogens with one attached hydrogen (secondary N) is 1. The van der Waals surface area contributed by atoms with Gasteiger partial charge < -0.3 is 5.32 Å². The molecule has 1 N–H and O–H groups in total. The summed E-state index contributed by atoms with van der Waals surface area (Å²) >= 11 is 3.18. The van der Waals surface area contributed by atoms with E-state index in [2.05, 4.69) is 42.0 Å². The summed E-state index contributed by atoms with van der Waals surface area (Å²) in [7, 11) is 0. The summed E-state index contributed by atoms with van der Waals surface area (Å²) < 4.78 is 14.0. The molecular formula is C16H23BrFN. The van der Waals surface area contributed by atoms with Gasteiger partial charge in [0, 0.05) is 11.7 Å². The predicted molar refractivity (Wildman–Crippen MR) is 82.9 cm³/mol. The summed E-state index contributed by atoms with van der Waals surface area (Å²) in [6.07, 6.45) is 4.89. The zero-order valence-electron chi connectivity index (χ0n) is 12.0. The van der Waals surface area contributed by atoms with E-state index >= 15 is 0 Å². The SMILES string of the molecule is CC(C)(C)C1CCC(Nc2ccc(Br)c(F)c2)CC1. The molecule has 1 nitrogen and oxygen atoms in total. The summed E-state index contributed by atoms with van der Waals surface area (Å²) in [5.74, 6) is 0.612.